The maximum absolute atomic E-state index is 12.5. The van der Waals surface area contributed by atoms with Gasteiger partial charge in [-0.2, -0.15) is 4.98 Å². The van der Waals surface area contributed by atoms with Crippen molar-refractivity contribution in [3.8, 4) is 34.3 Å². The summed E-state index contributed by atoms with van der Waals surface area (Å²) in [6, 6.07) is 9.24. The molecule has 0 spiro atoms. The summed E-state index contributed by atoms with van der Waals surface area (Å²) in [7, 11) is 0. The minimum absolute atomic E-state index is 0.175. The number of aromatic nitrogens is 2. The Hall–Kier alpha value is -3.22. The van der Waals surface area contributed by atoms with Gasteiger partial charge in [0.05, 0.1) is 11.2 Å². The molecule has 0 atom stereocenters. The molecule has 0 saturated carbocycles. The van der Waals surface area contributed by atoms with Crippen molar-refractivity contribution in [1.82, 2.24) is 9.55 Å². The van der Waals surface area contributed by atoms with Crippen LogP contribution in [0.5, 0.6) is 23.0 Å². The maximum atomic E-state index is 12.5. The van der Waals surface area contributed by atoms with E-state index in [9.17, 15) is 4.79 Å². The number of hydrogen-bond donors (Lipinski definition) is 0. The van der Waals surface area contributed by atoms with Crippen molar-refractivity contribution < 1.29 is 18.9 Å². The highest BCUT2D eigenvalue weighted by Crippen LogP contribution is 2.40. The Balaban J connectivity index is 1.82. The van der Waals surface area contributed by atoms with Gasteiger partial charge >= 0.3 is 5.69 Å². The van der Waals surface area contributed by atoms with Crippen molar-refractivity contribution in [2.45, 2.75) is 13.5 Å². The fourth-order valence-electron chi connectivity index (χ4n) is 3.23. The van der Waals surface area contributed by atoms with E-state index in [0.29, 0.717) is 35.2 Å². The molecule has 5 rings (SSSR count). The molecule has 3 heterocycles. The molecule has 0 amide bonds. The molecule has 126 valence electrons. The van der Waals surface area contributed by atoms with Gasteiger partial charge in [-0.3, -0.25) is 4.57 Å². The van der Waals surface area contributed by atoms with Crippen LogP contribution >= 0.6 is 0 Å². The number of fused-ring (bicyclic) bond motifs is 3. The molecule has 0 radical (unpaired) electrons. The fourth-order valence-corrected chi connectivity index (χ4v) is 3.23. The summed E-state index contributed by atoms with van der Waals surface area (Å²) in [6.07, 6.45) is 0. The van der Waals surface area contributed by atoms with Crippen LogP contribution in [0.1, 0.15) is 6.92 Å². The first-order valence-corrected chi connectivity index (χ1v) is 7.99. The summed E-state index contributed by atoms with van der Waals surface area (Å²) in [5.41, 5.74) is 1.83. The van der Waals surface area contributed by atoms with E-state index >= 15 is 0 Å². The Kier molecular flexibility index (Phi) is 2.91. The molecule has 0 fully saturated rings. The van der Waals surface area contributed by atoms with Gasteiger partial charge < -0.3 is 18.9 Å². The minimum Gasteiger partial charge on any atom is -0.454 e. The second kappa shape index (κ2) is 5.14. The molecule has 2 aromatic carbocycles. The average molecular weight is 338 g/mol. The molecule has 2 aliphatic heterocycles. The normalized spacial score (nSPS) is 14.3. The highest BCUT2D eigenvalue weighted by molar-refractivity contribution is 5.95. The summed E-state index contributed by atoms with van der Waals surface area (Å²) in [5, 5.41) is 0.824. The topological polar surface area (TPSA) is 71.8 Å². The fraction of sp³-hybridized carbons (Fsp3) is 0.222. The van der Waals surface area contributed by atoms with E-state index in [-0.39, 0.29) is 19.3 Å². The van der Waals surface area contributed by atoms with Gasteiger partial charge in [-0.05, 0) is 31.2 Å². The van der Waals surface area contributed by atoms with Crippen LogP contribution in [-0.4, -0.2) is 23.1 Å². The Morgan fingerprint density at radius 3 is 2.40 bits per heavy atom. The molecule has 0 aliphatic carbocycles. The molecular weight excluding hydrogens is 324 g/mol. The summed E-state index contributed by atoms with van der Waals surface area (Å²) in [4.78, 5) is 16.8. The van der Waals surface area contributed by atoms with E-state index in [0.717, 1.165) is 16.5 Å². The van der Waals surface area contributed by atoms with Crippen molar-refractivity contribution in [3.05, 3.63) is 40.8 Å². The van der Waals surface area contributed by atoms with E-state index < -0.39 is 0 Å². The first kappa shape index (κ1) is 14.2. The van der Waals surface area contributed by atoms with Gasteiger partial charge in [0.1, 0.15) is 0 Å². The lowest BCUT2D eigenvalue weighted by molar-refractivity contribution is 0.173. The van der Waals surface area contributed by atoms with Crippen LogP contribution in [0.2, 0.25) is 0 Å². The summed E-state index contributed by atoms with van der Waals surface area (Å²) >= 11 is 0. The molecule has 2 aliphatic rings. The van der Waals surface area contributed by atoms with Crippen molar-refractivity contribution in [2.24, 2.45) is 0 Å². The van der Waals surface area contributed by atoms with Gasteiger partial charge in [0.25, 0.3) is 0 Å². The second-order valence-corrected chi connectivity index (χ2v) is 5.78. The Labute approximate surface area is 142 Å². The Morgan fingerprint density at radius 1 is 0.960 bits per heavy atom. The number of hydrogen-bond acceptors (Lipinski definition) is 6. The zero-order valence-corrected chi connectivity index (χ0v) is 13.4. The van der Waals surface area contributed by atoms with Gasteiger partial charge in [-0.25, -0.2) is 4.79 Å². The third kappa shape index (κ3) is 2.05. The highest BCUT2D eigenvalue weighted by Gasteiger charge is 2.21. The van der Waals surface area contributed by atoms with E-state index in [1.807, 2.05) is 37.3 Å². The highest BCUT2D eigenvalue weighted by atomic mass is 16.7. The maximum Gasteiger partial charge on any atom is 0.348 e. The van der Waals surface area contributed by atoms with E-state index in [1.165, 1.54) is 0 Å². The summed E-state index contributed by atoms with van der Waals surface area (Å²) < 4.78 is 23.4. The standard InChI is InChI=1S/C18H14N2O5/c1-2-20-12-7-16-15(24-9-25-16)6-11(12)17(19-18(20)21)10-3-4-13-14(5-10)23-8-22-13/h3-7H,2,8-9H2,1H3. The molecule has 25 heavy (non-hydrogen) atoms. The predicted octanol–water partition coefficient (Wildman–Crippen LogP) is 2.54. The summed E-state index contributed by atoms with van der Waals surface area (Å²) in [5.74, 6) is 2.62. The van der Waals surface area contributed by atoms with Crippen LogP contribution in [0.3, 0.4) is 0 Å². The van der Waals surface area contributed by atoms with Crippen LogP contribution in [0.15, 0.2) is 35.1 Å². The predicted molar refractivity (Wildman–Crippen MR) is 89.4 cm³/mol. The first-order chi connectivity index (χ1) is 12.2. The average Bonchev–Trinajstić information content (AvgIpc) is 3.27. The lowest BCUT2D eigenvalue weighted by atomic mass is 10.0. The zero-order valence-electron chi connectivity index (χ0n) is 13.4. The Bertz CT molecular complexity index is 1070. The first-order valence-electron chi connectivity index (χ1n) is 7.99. The SMILES string of the molecule is CCn1c(=O)nc(-c2ccc3c(c2)OCO3)c2cc3c(cc21)OCO3. The van der Waals surface area contributed by atoms with Crippen LogP contribution in [0, 0.1) is 0 Å². The van der Waals surface area contributed by atoms with Crippen molar-refractivity contribution in [3.63, 3.8) is 0 Å². The van der Waals surface area contributed by atoms with Gasteiger partial charge in [0, 0.05) is 23.6 Å². The molecule has 0 saturated heterocycles. The molecule has 0 bridgehead atoms. The molecule has 7 heteroatoms. The van der Waals surface area contributed by atoms with E-state index in [4.69, 9.17) is 18.9 Å². The Morgan fingerprint density at radius 2 is 1.64 bits per heavy atom. The number of rotatable bonds is 2. The van der Waals surface area contributed by atoms with Gasteiger partial charge in [-0.15, -0.1) is 0 Å². The largest absolute Gasteiger partial charge is 0.454 e. The third-order valence-electron chi connectivity index (χ3n) is 4.44. The number of aryl methyl sites for hydroxylation is 1. The van der Waals surface area contributed by atoms with Crippen LogP contribution in [-0.2, 0) is 6.54 Å². The summed E-state index contributed by atoms with van der Waals surface area (Å²) in [6.45, 7) is 2.80. The quantitative estimate of drug-likeness (QED) is 0.715. The van der Waals surface area contributed by atoms with Gasteiger partial charge in [0.2, 0.25) is 13.6 Å². The molecule has 1 aromatic heterocycles. The van der Waals surface area contributed by atoms with Crippen molar-refractivity contribution >= 4 is 10.9 Å². The molecule has 0 N–H and O–H groups in total. The van der Waals surface area contributed by atoms with Gasteiger partial charge in [0.15, 0.2) is 23.0 Å². The minimum atomic E-state index is -0.304. The lowest BCUT2D eigenvalue weighted by Gasteiger charge is -2.12. The van der Waals surface area contributed by atoms with Crippen molar-refractivity contribution in [2.75, 3.05) is 13.6 Å². The molecule has 7 nitrogen and oxygen atoms in total. The van der Waals surface area contributed by atoms with E-state index in [2.05, 4.69) is 4.98 Å². The van der Waals surface area contributed by atoms with E-state index in [1.54, 1.807) is 4.57 Å². The van der Waals surface area contributed by atoms with Crippen LogP contribution < -0.4 is 24.6 Å². The number of benzene rings is 2. The molecular formula is C18H14N2O5. The third-order valence-corrected chi connectivity index (χ3v) is 4.44. The lowest BCUT2D eigenvalue weighted by Crippen LogP contribution is -2.23. The monoisotopic (exact) mass is 338 g/mol. The molecule has 0 unspecified atom stereocenters. The van der Waals surface area contributed by atoms with Crippen LogP contribution in [0.25, 0.3) is 22.2 Å². The number of ether oxygens (including phenoxy) is 4. The molecule has 3 aromatic rings. The van der Waals surface area contributed by atoms with Crippen LogP contribution in [0.4, 0.5) is 0 Å². The second-order valence-electron chi connectivity index (χ2n) is 5.78. The number of nitrogens with zero attached hydrogens (tertiary/aromatic N) is 2. The van der Waals surface area contributed by atoms with Gasteiger partial charge in [-0.1, -0.05) is 0 Å². The zero-order chi connectivity index (χ0) is 17.0. The van der Waals surface area contributed by atoms with Crippen molar-refractivity contribution in [1.29, 1.82) is 0 Å². The smallest absolute Gasteiger partial charge is 0.348 e.